The van der Waals surface area contributed by atoms with Crippen molar-refractivity contribution in [3.05, 3.63) is 99.9 Å². The van der Waals surface area contributed by atoms with Crippen LogP contribution in [0, 0.1) is 10.1 Å². The molecule has 0 saturated heterocycles. The summed E-state index contributed by atoms with van der Waals surface area (Å²) in [6.45, 7) is 1.48. The van der Waals surface area contributed by atoms with E-state index in [1.54, 1.807) is 48.8 Å². The smallest absolute Gasteiger partial charge is 0.269 e. The monoisotopic (exact) mass is 363 g/mol. The average molecular weight is 363 g/mol. The molecule has 0 aliphatic carbocycles. The standard InChI is InChI=1S/C20H18N4O3/c25-20(23-18-9-11-21-12-10-18)17-5-1-15(2-6-17)13-22-14-16-3-7-19(8-4-16)24(26)27/h1-12,22H,13-14H2,(H,21,23,25)/p+1. The Morgan fingerprint density at radius 3 is 2.04 bits per heavy atom. The van der Waals surface area contributed by atoms with Gasteiger partial charge in [-0.1, -0.05) is 12.1 Å². The molecule has 0 aliphatic rings. The van der Waals surface area contributed by atoms with E-state index in [0.717, 1.165) is 24.2 Å². The molecule has 0 aliphatic heterocycles. The van der Waals surface area contributed by atoms with E-state index in [4.69, 9.17) is 0 Å². The van der Waals surface area contributed by atoms with Gasteiger partial charge in [0.1, 0.15) is 13.1 Å². The summed E-state index contributed by atoms with van der Waals surface area (Å²) >= 11 is 0. The molecule has 0 saturated carbocycles. The number of nitrogens with one attached hydrogen (secondary N) is 1. The topological polar surface area (TPSA) is 102 Å². The first-order chi connectivity index (χ1) is 13.1. The summed E-state index contributed by atoms with van der Waals surface area (Å²) in [5, 5.41) is 15.6. The number of nitro groups is 1. The zero-order chi connectivity index (χ0) is 19.1. The lowest BCUT2D eigenvalue weighted by molar-refractivity contribution is -0.686. The number of pyridine rings is 1. The highest BCUT2D eigenvalue weighted by Crippen LogP contribution is 2.11. The molecule has 1 aromatic heterocycles. The molecule has 2 aromatic carbocycles. The van der Waals surface area contributed by atoms with E-state index in [-0.39, 0.29) is 11.6 Å². The molecule has 3 aromatic rings. The highest BCUT2D eigenvalue weighted by molar-refractivity contribution is 6.04. The van der Waals surface area contributed by atoms with Crippen LogP contribution in [0.3, 0.4) is 0 Å². The Hall–Kier alpha value is -3.58. The van der Waals surface area contributed by atoms with E-state index in [0.29, 0.717) is 11.3 Å². The molecule has 1 heterocycles. The molecular formula is C20H19N4O3+. The second kappa shape index (κ2) is 8.68. The lowest BCUT2D eigenvalue weighted by atomic mass is 10.1. The van der Waals surface area contributed by atoms with Gasteiger partial charge in [0.2, 0.25) is 0 Å². The summed E-state index contributed by atoms with van der Waals surface area (Å²) in [7, 11) is 0. The fraction of sp³-hybridized carbons (Fsp3) is 0.100. The van der Waals surface area contributed by atoms with Crippen molar-refractivity contribution >= 4 is 17.3 Å². The van der Waals surface area contributed by atoms with Crippen LogP contribution in [0.15, 0.2) is 73.1 Å². The molecular weight excluding hydrogens is 344 g/mol. The van der Waals surface area contributed by atoms with Gasteiger partial charge in [0.05, 0.1) is 4.92 Å². The predicted molar refractivity (Wildman–Crippen MR) is 101 cm³/mol. The zero-order valence-corrected chi connectivity index (χ0v) is 14.5. The zero-order valence-electron chi connectivity index (χ0n) is 14.5. The molecule has 3 N–H and O–H groups in total. The number of carbonyl (C=O) groups excluding carboxylic acids is 1. The third-order valence-electron chi connectivity index (χ3n) is 4.06. The molecule has 0 atom stereocenters. The average Bonchev–Trinajstić information content (AvgIpc) is 2.69. The van der Waals surface area contributed by atoms with Crippen molar-refractivity contribution in [2.45, 2.75) is 13.1 Å². The summed E-state index contributed by atoms with van der Waals surface area (Å²) < 4.78 is 0. The van der Waals surface area contributed by atoms with Gasteiger partial charge < -0.3 is 10.6 Å². The Balaban J connectivity index is 1.50. The van der Waals surface area contributed by atoms with Crippen LogP contribution in [-0.2, 0) is 13.1 Å². The number of hydrogen-bond acceptors (Lipinski definition) is 4. The second-order valence-corrected chi connectivity index (χ2v) is 6.01. The Kier molecular flexibility index (Phi) is 5.86. The van der Waals surface area contributed by atoms with Crippen LogP contribution in [0.2, 0.25) is 0 Å². The maximum absolute atomic E-state index is 12.2. The second-order valence-electron chi connectivity index (χ2n) is 6.01. The van der Waals surface area contributed by atoms with Crippen LogP contribution in [0.5, 0.6) is 0 Å². The highest BCUT2D eigenvalue weighted by Gasteiger charge is 2.07. The van der Waals surface area contributed by atoms with Crippen LogP contribution < -0.4 is 10.6 Å². The summed E-state index contributed by atoms with van der Waals surface area (Å²) in [6.07, 6.45) is 3.25. The van der Waals surface area contributed by atoms with Crippen LogP contribution in [-0.4, -0.2) is 15.8 Å². The number of nitrogens with two attached hydrogens (primary N) is 1. The molecule has 3 rings (SSSR count). The summed E-state index contributed by atoms with van der Waals surface area (Å²) in [6, 6.07) is 17.5. The number of non-ortho nitro benzene ring substituents is 1. The molecule has 1 amide bonds. The van der Waals surface area contributed by atoms with E-state index in [2.05, 4.69) is 15.6 Å². The van der Waals surface area contributed by atoms with E-state index < -0.39 is 4.92 Å². The summed E-state index contributed by atoms with van der Waals surface area (Å²) in [5.41, 5.74) is 3.51. The molecule has 7 nitrogen and oxygen atoms in total. The van der Waals surface area contributed by atoms with Crippen LogP contribution >= 0.6 is 0 Å². The van der Waals surface area contributed by atoms with Gasteiger partial charge in [-0.15, -0.1) is 0 Å². The molecule has 7 heteroatoms. The molecule has 27 heavy (non-hydrogen) atoms. The van der Waals surface area contributed by atoms with Gasteiger partial charge in [-0.25, -0.2) is 0 Å². The number of nitrogens with zero attached hydrogens (tertiary/aromatic N) is 2. The largest absolute Gasteiger partial charge is 0.339 e. The first kappa shape index (κ1) is 18.2. The van der Waals surface area contributed by atoms with Crippen LogP contribution in [0.25, 0.3) is 0 Å². The lowest BCUT2D eigenvalue weighted by Gasteiger charge is -2.06. The molecule has 0 spiro atoms. The first-order valence-electron chi connectivity index (χ1n) is 8.47. The van der Waals surface area contributed by atoms with Crippen molar-refractivity contribution in [2.24, 2.45) is 0 Å². The maximum Gasteiger partial charge on any atom is 0.269 e. The minimum Gasteiger partial charge on any atom is -0.339 e. The number of quaternary nitrogens is 1. The van der Waals surface area contributed by atoms with Gasteiger partial charge in [0.15, 0.2) is 0 Å². The van der Waals surface area contributed by atoms with E-state index >= 15 is 0 Å². The third kappa shape index (κ3) is 5.20. The van der Waals surface area contributed by atoms with Crippen molar-refractivity contribution in [1.82, 2.24) is 4.98 Å². The van der Waals surface area contributed by atoms with Crippen molar-refractivity contribution in [3.8, 4) is 0 Å². The number of aromatic nitrogens is 1. The molecule has 0 bridgehead atoms. The Morgan fingerprint density at radius 1 is 0.926 bits per heavy atom. The van der Waals surface area contributed by atoms with Crippen molar-refractivity contribution in [2.75, 3.05) is 5.32 Å². The molecule has 136 valence electrons. The molecule has 0 unspecified atom stereocenters. The van der Waals surface area contributed by atoms with Gasteiger partial charge in [-0.3, -0.25) is 19.9 Å². The number of nitro benzene ring substituents is 1. The summed E-state index contributed by atoms with van der Waals surface area (Å²) in [4.78, 5) is 26.4. The number of rotatable bonds is 7. The Morgan fingerprint density at radius 2 is 1.48 bits per heavy atom. The van der Waals surface area contributed by atoms with Gasteiger partial charge in [-0.2, -0.15) is 0 Å². The predicted octanol–water partition coefficient (Wildman–Crippen LogP) is 2.51. The first-order valence-corrected chi connectivity index (χ1v) is 8.47. The van der Waals surface area contributed by atoms with E-state index in [1.807, 2.05) is 12.1 Å². The van der Waals surface area contributed by atoms with Gasteiger partial charge in [0, 0.05) is 46.9 Å². The van der Waals surface area contributed by atoms with Crippen molar-refractivity contribution < 1.29 is 15.0 Å². The quantitative estimate of drug-likeness (QED) is 0.497. The minimum atomic E-state index is -0.403. The summed E-state index contributed by atoms with van der Waals surface area (Å²) in [5.74, 6) is -0.164. The Labute approximate surface area is 156 Å². The third-order valence-corrected chi connectivity index (χ3v) is 4.06. The normalized spacial score (nSPS) is 10.4. The lowest BCUT2D eigenvalue weighted by Crippen LogP contribution is -2.80. The maximum atomic E-state index is 12.2. The number of anilines is 1. The number of carbonyl (C=O) groups is 1. The van der Waals surface area contributed by atoms with Gasteiger partial charge in [-0.05, 0) is 36.4 Å². The number of amides is 1. The van der Waals surface area contributed by atoms with Crippen molar-refractivity contribution in [1.29, 1.82) is 0 Å². The molecule has 0 fully saturated rings. The van der Waals surface area contributed by atoms with E-state index in [9.17, 15) is 14.9 Å². The highest BCUT2D eigenvalue weighted by atomic mass is 16.6. The van der Waals surface area contributed by atoms with Gasteiger partial charge in [0.25, 0.3) is 11.6 Å². The van der Waals surface area contributed by atoms with Crippen LogP contribution in [0.1, 0.15) is 21.5 Å². The van der Waals surface area contributed by atoms with E-state index in [1.165, 1.54) is 12.1 Å². The Bertz CT molecular complexity index is 910. The molecule has 0 radical (unpaired) electrons. The van der Waals surface area contributed by atoms with Crippen LogP contribution in [0.4, 0.5) is 11.4 Å². The SMILES string of the molecule is O=C(Nc1ccncc1)c1ccc(C[NH2+]Cc2ccc([N+](=O)[O-])cc2)cc1. The minimum absolute atomic E-state index is 0.0966. The van der Waals surface area contributed by atoms with Gasteiger partial charge >= 0.3 is 0 Å². The fourth-order valence-corrected chi connectivity index (χ4v) is 2.59. The number of hydrogen-bond donors (Lipinski definition) is 2. The van der Waals surface area contributed by atoms with Crippen molar-refractivity contribution in [3.63, 3.8) is 0 Å². The fourth-order valence-electron chi connectivity index (χ4n) is 2.59. The number of benzene rings is 2.